The first-order valence-corrected chi connectivity index (χ1v) is 12.3. The molecule has 1 N–H and O–H groups in total. The normalized spacial score (nSPS) is 12.0. The highest BCUT2D eigenvalue weighted by Gasteiger charge is 2.26. The van der Waals surface area contributed by atoms with E-state index in [1.165, 1.54) is 27.8 Å². The first kappa shape index (κ1) is 21.8. The molecule has 4 aromatic rings. The quantitative estimate of drug-likeness (QED) is 0.416. The Labute approximate surface area is 190 Å². The van der Waals surface area contributed by atoms with Crippen molar-refractivity contribution >= 4 is 43.9 Å². The summed E-state index contributed by atoms with van der Waals surface area (Å²) >= 11 is 7.41. The Balaban J connectivity index is 1.77. The number of aromatic nitrogens is 1. The summed E-state index contributed by atoms with van der Waals surface area (Å²) in [6.07, 6.45) is 0. The van der Waals surface area contributed by atoms with E-state index in [-0.39, 0.29) is 23.5 Å². The summed E-state index contributed by atoms with van der Waals surface area (Å²) in [5.41, 5.74) is 3.03. The minimum Gasteiger partial charge on any atom is -0.322 e. The molecule has 8 heteroatoms. The smallest absolute Gasteiger partial charge is 0.252 e. The highest BCUT2D eigenvalue weighted by Crippen LogP contribution is 2.24. The van der Waals surface area contributed by atoms with Gasteiger partial charge in [-0.2, -0.15) is 4.31 Å². The monoisotopic (exact) mass is 472 g/mol. The number of sulfonamides is 1. The van der Waals surface area contributed by atoms with Crippen molar-refractivity contribution in [1.82, 2.24) is 9.29 Å². The van der Waals surface area contributed by atoms with Gasteiger partial charge in [0.05, 0.1) is 4.90 Å². The molecule has 31 heavy (non-hydrogen) atoms. The van der Waals surface area contributed by atoms with Gasteiger partial charge in [0.25, 0.3) is 5.56 Å². The fraction of sp³-hybridized carbons (Fsp3) is 0.174. The molecule has 0 bridgehead atoms. The van der Waals surface area contributed by atoms with Gasteiger partial charge in [0.2, 0.25) is 10.0 Å². The van der Waals surface area contributed by atoms with E-state index < -0.39 is 10.0 Å². The van der Waals surface area contributed by atoms with Crippen LogP contribution >= 0.6 is 22.9 Å². The number of aryl methyl sites for hydroxylation is 2. The van der Waals surface area contributed by atoms with Crippen LogP contribution in [0.25, 0.3) is 10.9 Å². The lowest BCUT2D eigenvalue weighted by Crippen LogP contribution is -2.32. The van der Waals surface area contributed by atoms with Crippen molar-refractivity contribution in [3.63, 3.8) is 0 Å². The summed E-state index contributed by atoms with van der Waals surface area (Å²) in [5.74, 6) is 0. The summed E-state index contributed by atoms with van der Waals surface area (Å²) in [6.45, 7) is 4.13. The van der Waals surface area contributed by atoms with Gasteiger partial charge in [0.1, 0.15) is 0 Å². The van der Waals surface area contributed by atoms with E-state index in [0.717, 1.165) is 26.9 Å². The number of aromatic amines is 1. The van der Waals surface area contributed by atoms with Crippen molar-refractivity contribution in [1.29, 1.82) is 0 Å². The van der Waals surface area contributed by atoms with Crippen LogP contribution < -0.4 is 5.56 Å². The van der Waals surface area contributed by atoms with Crippen LogP contribution in [0.15, 0.2) is 69.7 Å². The average Bonchev–Trinajstić information content (AvgIpc) is 3.23. The minimum atomic E-state index is -3.85. The zero-order valence-corrected chi connectivity index (χ0v) is 19.4. The Morgan fingerprint density at radius 1 is 1.00 bits per heavy atom. The second-order valence-electron chi connectivity index (χ2n) is 7.45. The van der Waals surface area contributed by atoms with E-state index in [0.29, 0.717) is 10.6 Å². The zero-order valence-electron chi connectivity index (χ0n) is 17.1. The Bertz CT molecular complexity index is 1390. The van der Waals surface area contributed by atoms with Gasteiger partial charge in [0, 0.05) is 34.1 Å². The number of pyridine rings is 1. The van der Waals surface area contributed by atoms with Crippen molar-refractivity contribution in [2.45, 2.75) is 31.8 Å². The minimum absolute atomic E-state index is 0.0406. The topological polar surface area (TPSA) is 70.2 Å². The van der Waals surface area contributed by atoms with Gasteiger partial charge in [-0.05, 0) is 84.3 Å². The molecule has 160 valence electrons. The second kappa shape index (κ2) is 8.59. The summed E-state index contributed by atoms with van der Waals surface area (Å²) in [6, 6.07) is 15.5. The molecule has 0 fully saturated rings. The van der Waals surface area contributed by atoms with Crippen molar-refractivity contribution in [2.24, 2.45) is 0 Å². The molecule has 0 aliphatic rings. The SMILES string of the molecule is Cc1cc2cc(CN(Cc3cccs3)S(=O)(=O)c3ccc(Cl)cc3)c(=O)[nH]c2cc1C. The van der Waals surface area contributed by atoms with Gasteiger partial charge in [0.15, 0.2) is 0 Å². The van der Waals surface area contributed by atoms with Crippen LogP contribution in [0.1, 0.15) is 21.6 Å². The number of nitrogens with one attached hydrogen (secondary N) is 1. The first-order chi connectivity index (χ1) is 14.7. The van der Waals surface area contributed by atoms with Gasteiger partial charge in [-0.15, -0.1) is 11.3 Å². The van der Waals surface area contributed by atoms with Crippen LogP contribution in [0.5, 0.6) is 0 Å². The molecule has 0 saturated heterocycles. The highest BCUT2D eigenvalue weighted by molar-refractivity contribution is 7.89. The third-order valence-corrected chi connectivity index (χ3v) is 8.16. The zero-order chi connectivity index (χ0) is 22.2. The fourth-order valence-corrected chi connectivity index (χ4v) is 5.71. The van der Waals surface area contributed by atoms with Crippen LogP contribution in [-0.2, 0) is 23.1 Å². The van der Waals surface area contributed by atoms with Gasteiger partial charge in [-0.3, -0.25) is 4.79 Å². The van der Waals surface area contributed by atoms with E-state index >= 15 is 0 Å². The lowest BCUT2D eigenvalue weighted by atomic mass is 10.1. The molecule has 0 unspecified atom stereocenters. The largest absolute Gasteiger partial charge is 0.322 e. The molecule has 5 nitrogen and oxygen atoms in total. The van der Waals surface area contributed by atoms with Crippen molar-refractivity contribution in [3.05, 3.63) is 96.9 Å². The molecule has 0 amide bonds. The summed E-state index contributed by atoms with van der Waals surface area (Å²) in [7, 11) is -3.85. The lowest BCUT2D eigenvalue weighted by molar-refractivity contribution is 0.402. The van der Waals surface area contributed by atoms with E-state index in [2.05, 4.69) is 4.98 Å². The Morgan fingerprint density at radius 2 is 1.71 bits per heavy atom. The summed E-state index contributed by atoms with van der Waals surface area (Å²) in [4.78, 5) is 16.7. The molecule has 0 radical (unpaired) electrons. The molecule has 0 saturated carbocycles. The summed E-state index contributed by atoms with van der Waals surface area (Å²) < 4.78 is 28.2. The molecule has 0 spiro atoms. The van der Waals surface area contributed by atoms with Crippen molar-refractivity contribution < 1.29 is 8.42 Å². The van der Waals surface area contributed by atoms with E-state index in [1.807, 2.05) is 43.5 Å². The highest BCUT2D eigenvalue weighted by atomic mass is 35.5. The Hall–Kier alpha value is -2.45. The van der Waals surface area contributed by atoms with Crippen LogP contribution in [-0.4, -0.2) is 17.7 Å². The van der Waals surface area contributed by atoms with Gasteiger partial charge in [-0.1, -0.05) is 17.7 Å². The van der Waals surface area contributed by atoms with Crippen LogP contribution in [0, 0.1) is 13.8 Å². The van der Waals surface area contributed by atoms with Crippen molar-refractivity contribution in [2.75, 3.05) is 0 Å². The Morgan fingerprint density at radius 3 is 2.39 bits per heavy atom. The number of benzene rings is 2. The van der Waals surface area contributed by atoms with E-state index in [9.17, 15) is 13.2 Å². The van der Waals surface area contributed by atoms with Crippen LogP contribution in [0.2, 0.25) is 5.02 Å². The van der Waals surface area contributed by atoms with Crippen LogP contribution in [0.4, 0.5) is 0 Å². The molecule has 0 aliphatic carbocycles. The maximum absolute atomic E-state index is 13.4. The fourth-order valence-electron chi connectivity index (χ4n) is 3.39. The maximum atomic E-state index is 13.4. The maximum Gasteiger partial charge on any atom is 0.252 e. The van der Waals surface area contributed by atoms with Gasteiger partial charge in [-0.25, -0.2) is 8.42 Å². The third kappa shape index (κ3) is 4.60. The van der Waals surface area contributed by atoms with Gasteiger partial charge >= 0.3 is 0 Å². The molecule has 2 aromatic heterocycles. The number of nitrogens with zero attached hydrogens (tertiary/aromatic N) is 1. The molecule has 2 aromatic carbocycles. The number of fused-ring (bicyclic) bond motifs is 1. The number of hydrogen-bond acceptors (Lipinski definition) is 4. The molecule has 0 aliphatic heterocycles. The molecule has 2 heterocycles. The number of rotatable bonds is 6. The van der Waals surface area contributed by atoms with Crippen molar-refractivity contribution in [3.8, 4) is 0 Å². The number of thiophene rings is 1. The van der Waals surface area contributed by atoms with Crippen LogP contribution in [0.3, 0.4) is 0 Å². The predicted molar refractivity (Wildman–Crippen MR) is 126 cm³/mol. The lowest BCUT2D eigenvalue weighted by Gasteiger charge is -2.22. The molecule has 0 atom stereocenters. The van der Waals surface area contributed by atoms with E-state index in [1.54, 1.807) is 18.2 Å². The Kier molecular flexibility index (Phi) is 6.03. The second-order valence-corrected chi connectivity index (χ2v) is 10.9. The first-order valence-electron chi connectivity index (χ1n) is 9.65. The van der Waals surface area contributed by atoms with E-state index in [4.69, 9.17) is 11.6 Å². The number of H-pyrrole nitrogens is 1. The average molecular weight is 473 g/mol. The molecular weight excluding hydrogens is 452 g/mol. The number of halogens is 1. The third-order valence-electron chi connectivity index (χ3n) is 5.25. The summed E-state index contributed by atoms with van der Waals surface area (Å²) in [5, 5.41) is 3.23. The van der Waals surface area contributed by atoms with Gasteiger partial charge < -0.3 is 4.98 Å². The molecular formula is C23H21ClN2O3S2. The number of hydrogen-bond donors (Lipinski definition) is 1. The molecule has 4 rings (SSSR count). The predicted octanol–water partition coefficient (Wildman–Crippen LogP) is 5.25. The standard InChI is InChI=1S/C23H21ClN2O3S2/c1-15-10-17-12-18(23(27)25-22(17)11-16(15)2)13-26(14-20-4-3-9-30-20)31(28,29)21-7-5-19(24)6-8-21/h3-12H,13-14H2,1-2H3,(H,25,27).